The number of imidazole rings is 1. The number of anilines is 1. The Bertz CT molecular complexity index is 1270. The zero-order valence-electron chi connectivity index (χ0n) is 17.5. The standard InChI is InChI=1S/C23H21N5O4/c1-15-7-3-4-8-17(15)14-32-22-20(28(29)30)11-16(12-21(22)31-2)13-24-27-23-25-18-9-5-6-10-19(18)26-23/h3-13H,14H2,1-2H3,(H2,25,26,27)/b24-13-. The molecule has 0 unspecified atom stereocenters. The SMILES string of the molecule is COc1cc(/C=N\Nc2nc3ccccc3[nH]2)cc([N+](=O)[O-])c1OCc1ccccc1C. The van der Waals surface area contributed by atoms with Gasteiger partial charge < -0.3 is 14.5 Å². The van der Waals surface area contributed by atoms with Gasteiger partial charge >= 0.3 is 5.69 Å². The van der Waals surface area contributed by atoms with E-state index in [1.54, 1.807) is 6.07 Å². The molecule has 0 aliphatic heterocycles. The van der Waals surface area contributed by atoms with Crippen molar-refractivity contribution >= 4 is 28.9 Å². The van der Waals surface area contributed by atoms with Gasteiger partial charge in [0.15, 0.2) is 5.75 Å². The number of H-pyrrole nitrogens is 1. The number of nitrogens with one attached hydrogen (secondary N) is 2. The van der Waals surface area contributed by atoms with Crippen LogP contribution in [0, 0.1) is 17.0 Å². The van der Waals surface area contributed by atoms with Crippen molar-refractivity contribution in [2.24, 2.45) is 5.10 Å². The Morgan fingerprint density at radius 2 is 1.97 bits per heavy atom. The number of hydrogen-bond acceptors (Lipinski definition) is 7. The van der Waals surface area contributed by atoms with Crippen LogP contribution in [0.1, 0.15) is 16.7 Å². The number of fused-ring (bicyclic) bond motifs is 1. The lowest BCUT2D eigenvalue weighted by molar-refractivity contribution is -0.386. The molecule has 1 heterocycles. The van der Waals surface area contributed by atoms with Crippen LogP contribution in [-0.4, -0.2) is 28.2 Å². The van der Waals surface area contributed by atoms with Crippen molar-refractivity contribution in [1.29, 1.82) is 0 Å². The van der Waals surface area contributed by atoms with Crippen molar-refractivity contribution < 1.29 is 14.4 Å². The molecule has 0 amide bonds. The number of hydrogen-bond donors (Lipinski definition) is 2. The fourth-order valence-electron chi connectivity index (χ4n) is 3.21. The van der Waals surface area contributed by atoms with Crippen molar-refractivity contribution in [2.45, 2.75) is 13.5 Å². The van der Waals surface area contributed by atoms with E-state index in [1.807, 2.05) is 55.5 Å². The molecule has 0 aliphatic rings. The van der Waals surface area contributed by atoms with Crippen molar-refractivity contribution in [2.75, 3.05) is 12.5 Å². The maximum absolute atomic E-state index is 11.7. The highest BCUT2D eigenvalue weighted by molar-refractivity contribution is 5.84. The highest BCUT2D eigenvalue weighted by Gasteiger charge is 2.22. The number of hydrazone groups is 1. The molecule has 4 aromatic rings. The lowest BCUT2D eigenvalue weighted by Gasteiger charge is -2.13. The Morgan fingerprint density at radius 3 is 2.72 bits per heavy atom. The number of rotatable bonds is 8. The Morgan fingerprint density at radius 1 is 1.19 bits per heavy atom. The number of nitrogens with zero attached hydrogens (tertiary/aromatic N) is 3. The summed E-state index contributed by atoms with van der Waals surface area (Å²) in [4.78, 5) is 18.7. The van der Waals surface area contributed by atoms with Gasteiger partial charge in [-0.15, -0.1) is 0 Å². The summed E-state index contributed by atoms with van der Waals surface area (Å²) >= 11 is 0. The summed E-state index contributed by atoms with van der Waals surface area (Å²) in [5.74, 6) is 0.781. The summed E-state index contributed by atoms with van der Waals surface area (Å²) in [6.07, 6.45) is 1.45. The maximum Gasteiger partial charge on any atom is 0.315 e. The van der Waals surface area contributed by atoms with E-state index in [1.165, 1.54) is 19.4 Å². The second kappa shape index (κ2) is 9.17. The number of aryl methyl sites for hydroxylation is 1. The van der Waals surface area contributed by atoms with E-state index < -0.39 is 4.92 Å². The van der Waals surface area contributed by atoms with Crippen LogP contribution in [0.3, 0.4) is 0 Å². The zero-order chi connectivity index (χ0) is 22.5. The molecule has 0 saturated heterocycles. The number of nitro groups is 1. The minimum Gasteiger partial charge on any atom is -0.493 e. The van der Waals surface area contributed by atoms with Crippen LogP contribution in [0.15, 0.2) is 65.8 Å². The largest absolute Gasteiger partial charge is 0.493 e. The number of aromatic nitrogens is 2. The van der Waals surface area contributed by atoms with Gasteiger partial charge in [-0.25, -0.2) is 10.4 Å². The quantitative estimate of drug-likeness (QED) is 0.235. The molecule has 32 heavy (non-hydrogen) atoms. The first-order valence-corrected chi connectivity index (χ1v) is 9.82. The molecule has 4 rings (SSSR count). The first-order valence-electron chi connectivity index (χ1n) is 9.82. The smallest absolute Gasteiger partial charge is 0.315 e. The summed E-state index contributed by atoms with van der Waals surface area (Å²) in [7, 11) is 1.44. The van der Waals surface area contributed by atoms with E-state index in [0.29, 0.717) is 11.5 Å². The summed E-state index contributed by atoms with van der Waals surface area (Å²) in [5, 5.41) is 15.8. The minimum absolute atomic E-state index is 0.0724. The highest BCUT2D eigenvalue weighted by Crippen LogP contribution is 2.38. The van der Waals surface area contributed by atoms with Crippen molar-refractivity contribution in [3.63, 3.8) is 0 Å². The van der Waals surface area contributed by atoms with Gasteiger partial charge in [0.25, 0.3) is 0 Å². The van der Waals surface area contributed by atoms with Crippen LogP contribution in [0.25, 0.3) is 11.0 Å². The predicted molar refractivity (Wildman–Crippen MR) is 122 cm³/mol. The number of aromatic amines is 1. The molecule has 0 bridgehead atoms. The van der Waals surface area contributed by atoms with Crippen LogP contribution in [-0.2, 0) is 6.61 Å². The summed E-state index contributed by atoms with van der Waals surface area (Å²) < 4.78 is 11.2. The molecule has 3 aromatic carbocycles. The summed E-state index contributed by atoms with van der Waals surface area (Å²) in [5.41, 5.74) is 6.71. The first kappa shape index (κ1) is 20.9. The lowest BCUT2D eigenvalue weighted by atomic mass is 10.1. The molecule has 0 atom stereocenters. The summed E-state index contributed by atoms with van der Waals surface area (Å²) in [6, 6.07) is 18.3. The van der Waals surface area contributed by atoms with Gasteiger partial charge in [-0.3, -0.25) is 10.1 Å². The van der Waals surface area contributed by atoms with E-state index in [0.717, 1.165) is 22.2 Å². The number of para-hydroxylation sites is 2. The van der Waals surface area contributed by atoms with E-state index in [2.05, 4.69) is 20.5 Å². The minimum atomic E-state index is -0.500. The van der Waals surface area contributed by atoms with Crippen molar-refractivity contribution in [3.05, 3.63) is 87.5 Å². The summed E-state index contributed by atoms with van der Waals surface area (Å²) in [6.45, 7) is 2.14. The van der Waals surface area contributed by atoms with Gasteiger partial charge in [0.2, 0.25) is 11.7 Å². The Labute approximate surface area is 183 Å². The van der Waals surface area contributed by atoms with Crippen LogP contribution in [0.5, 0.6) is 11.5 Å². The molecule has 1 aromatic heterocycles. The average molecular weight is 431 g/mol. The molecule has 2 N–H and O–H groups in total. The molecule has 0 fully saturated rings. The van der Waals surface area contributed by atoms with Crippen LogP contribution in [0.4, 0.5) is 11.6 Å². The van der Waals surface area contributed by atoms with E-state index in [9.17, 15) is 10.1 Å². The Hall–Kier alpha value is -4.40. The van der Waals surface area contributed by atoms with E-state index in [4.69, 9.17) is 9.47 Å². The van der Waals surface area contributed by atoms with Gasteiger partial charge in [0.1, 0.15) is 6.61 Å². The Balaban J connectivity index is 1.56. The maximum atomic E-state index is 11.7. The molecule has 0 spiro atoms. The topological polar surface area (TPSA) is 115 Å². The molecule has 0 aliphatic carbocycles. The third-order valence-electron chi connectivity index (χ3n) is 4.88. The molecule has 0 radical (unpaired) electrons. The average Bonchev–Trinajstić information content (AvgIpc) is 3.21. The van der Waals surface area contributed by atoms with Crippen molar-refractivity contribution in [1.82, 2.24) is 9.97 Å². The number of nitro benzene ring substituents is 1. The lowest BCUT2D eigenvalue weighted by Crippen LogP contribution is -2.04. The third kappa shape index (κ3) is 4.51. The normalized spacial score (nSPS) is 11.1. The number of benzene rings is 3. The van der Waals surface area contributed by atoms with Crippen LogP contribution < -0.4 is 14.9 Å². The molecular formula is C23H21N5O4. The molecule has 162 valence electrons. The molecular weight excluding hydrogens is 410 g/mol. The van der Waals surface area contributed by atoms with Gasteiger partial charge in [-0.2, -0.15) is 5.10 Å². The fraction of sp³-hybridized carbons (Fsp3) is 0.130. The molecule has 0 saturated carbocycles. The van der Waals surface area contributed by atoms with Gasteiger partial charge in [-0.05, 0) is 36.2 Å². The number of methoxy groups -OCH3 is 1. The van der Waals surface area contributed by atoms with Gasteiger partial charge in [-0.1, -0.05) is 36.4 Å². The van der Waals surface area contributed by atoms with Crippen molar-refractivity contribution in [3.8, 4) is 11.5 Å². The second-order valence-corrected chi connectivity index (χ2v) is 7.02. The Kier molecular flexibility index (Phi) is 5.98. The van der Waals surface area contributed by atoms with E-state index in [-0.39, 0.29) is 23.8 Å². The van der Waals surface area contributed by atoms with Crippen LogP contribution in [0.2, 0.25) is 0 Å². The second-order valence-electron chi connectivity index (χ2n) is 7.02. The fourth-order valence-corrected chi connectivity index (χ4v) is 3.21. The van der Waals surface area contributed by atoms with Crippen LogP contribution >= 0.6 is 0 Å². The molecule has 9 heteroatoms. The first-order chi connectivity index (χ1) is 15.5. The van der Waals surface area contributed by atoms with Gasteiger partial charge in [0, 0.05) is 11.6 Å². The van der Waals surface area contributed by atoms with Gasteiger partial charge in [0.05, 0.1) is 29.3 Å². The monoisotopic (exact) mass is 431 g/mol. The third-order valence-corrected chi connectivity index (χ3v) is 4.88. The number of ether oxygens (including phenoxy) is 2. The molecule has 9 nitrogen and oxygen atoms in total. The predicted octanol–water partition coefficient (Wildman–Crippen LogP) is 4.81. The highest BCUT2D eigenvalue weighted by atomic mass is 16.6. The van der Waals surface area contributed by atoms with E-state index >= 15 is 0 Å². The zero-order valence-corrected chi connectivity index (χ0v) is 17.5.